The fourth-order valence-electron chi connectivity index (χ4n) is 2.08. The summed E-state index contributed by atoms with van der Waals surface area (Å²) in [6, 6.07) is 5.02. The van der Waals surface area contributed by atoms with Gasteiger partial charge in [-0.1, -0.05) is 20.8 Å². The van der Waals surface area contributed by atoms with E-state index < -0.39 is 0 Å². The van der Waals surface area contributed by atoms with Crippen molar-refractivity contribution in [2.45, 2.75) is 27.7 Å². The highest BCUT2D eigenvalue weighted by atomic mass is 16.5. The third-order valence-corrected chi connectivity index (χ3v) is 3.24. The van der Waals surface area contributed by atoms with Crippen LogP contribution in [-0.2, 0) is 0 Å². The number of hydrogen-bond acceptors (Lipinski definition) is 3. The van der Waals surface area contributed by atoms with E-state index in [2.05, 4.69) is 26.1 Å². The van der Waals surface area contributed by atoms with Crippen LogP contribution < -0.4 is 15.0 Å². The molecule has 0 saturated carbocycles. The van der Waals surface area contributed by atoms with E-state index in [1.807, 2.05) is 0 Å². The van der Waals surface area contributed by atoms with Gasteiger partial charge >= 0.3 is 6.03 Å². The number of Topliss-reactive ketones (excluding diaryl/α,β-unsaturated/α-hetero) is 1. The smallest absolute Gasteiger partial charge is 0.322 e. The molecule has 0 unspecified atom stereocenters. The Morgan fingerprint density at radius 2 is 2.05 bits per heavy atom. The molecule has 0 fully saturated rings. The highest BCUT2D eigenvalue weighted by Gasteiger charge is 2.25. The van der Waals surface area contributed by atoms with Crippen LogP contribution in [0, 0.1) is 5.41 Å². The Morgan fingerprint density at radius 3 is 2.67 bits per heavy atom. The molecule has 2 rings (SSSR count). The van der Waals surface area contributed by atoms with Gasteiger partial charge in [-0.2, -0.15) is 0 Å². The molecule has 0 bridgehead atoms. The molecule has 21 heavy (non-hydrogen) atoms. The number of carbonyl (C=O) groups excluding carboxylic acids is 2. The molecule has 2 amide bonds. The van der Waals surface area contributed by atoms with Crippen molar-refractivity contribution in [1.82, 2.24) is 5.32 Å². The van der Waals surface area contributed by atoms with E-state index in [0.717, 1.165) is 0 Å². The van der Waals surface area contributed by atoms with E-state index in [4.69, 9.17) is 4.74 Å². The maximum Gasteiger partial charge on any atom is 0.322 e. The first-order chi connectivity index (χ1) is 9.78. The largest absolute Gasteiger partial charge is 0.490 e. The zero-order chi connectivity index (χ0) is 15.6. The van der Waals surface area contributed by atoms with Crippen LogP contribution in [0.2, 0.25) is 0 Å². The molecule has 0 aliphatic carbocycles. The number of fused-ring (bicyclic) bond motifs is 1. The van der Waals surface area contributed by atoms with Crippen LogP contribution in [0.15, 0.2) is 18.2 Å². The highest BCUT2D eigenvalue weighted by Crippen LogP contribution is 2.32. The van der Waals surface area contributed by atoms with E-state index in [1.54, 1.807) is 23.1 Å². The lowest BCUT2D eigenvalue weighted by atomic mass is 9.97. The Balaban J connectivity index is 2.22. The second-order valence-electron chi connectivity index (χ2n) is 6.46. The molecule has 1 aromatic rings. The van der Waals surface area contributed by atoms with Crippen molar-refractivity contribution in [3.05, 3.63) is 23.8 Å². The molecule has 1 heterocycles. The normalized spacial score (nSPS) is 14.2. The minimum Gasteiger partial charge on any atom is -0.490 e. The molecule has 0 radical (unpaired) electrons. The summed E-state index contributed by atoms with van der Waals surface area (Å²) in [6.07, 6.45) is 0. The van der Waals surface area contributed by atoms with Gasteiger partial charge in [0.2, 0.25) is 0 Å². The first kappa shape index (κ1) is 15.4. The second-order valence-corrected chi connectivity index (χ2v) is 6.46. The van der Waals surface area contributed by atoms with Gasteiger partial charge in [-0.15, -0.1) is 0 Å². The van der Waals surface area contributed by atoms with Gasteiger partial charge in [-0.25, -0.2) is 4.79 Å². The maximum atomic E-state index is 12.4. The molecule has 0 saturated heterocycles. The summed E-state index contributed by atoms with van der Waals surface area (Å²) in [5.74, 6) is 0.607. The number of benzene rings is 1. The van der Waals surface area contributed by atoms with Crippen molar-refractivity contribution >= 4 is 17.5 Å². The van der Waals surface area contributed by atoms with Gasteiger partial charge in [0.15, 0.2) is 5.78 Å². The SMILES string of the molecule is CC(=O)c1ccc2c(c1)N(C(=O)NCC(C)(C)C)CCO2. The van der Waals surface area contributed by atoms with Gasteiger partial charge < -0.3 is 10.1 Å². The van der Waals surface area contributed by atoms with Crippen LogP contribution >= 0.6 is 0 Å². The summed E-state index contributed by atoms with van der Waals surface area (Å²) in [7, 11) is 0. The topological polar surface area (TPSA) is 58.6 Å². The van der Waals surface area contributed by atoms with Gasteiger partial charge in [0.1, 0.15) is 12.4 Å². The van der Waals surface area contributed by atoms with Gasteiger partial charge in [0, 0.05) is 12.1 Å². The van der Waals surface area contributed by atoms with Crippen LogP contribution in [0.1, 0.15) is 38.1 Å². The van der Waals surface area contributed by atoms with E-state index in [0.29, 0.717) is 36.7 Å². The predicted molar refractivity (Wildman–Crippen MR) is 82.1 cm³/mol. The molecule has 0 atom stereocenters. The number of ether oxygens (including phenoxy) is 1. The Hall–Kier alpha value is -2.04. The van der Waals surface area contributed by atoms with Crippen molar-refractivity contribution in [1.29, 1.82) is 0 Å². The minimum atomic E-state index is -0.157. The summed E-state index contributed by atoms with van der Waals surface area (Å²) in [4.78, 5) is 25.5. The number of hydrogen-bond donors (Lipinski definition) is 1. The number of amides is 2. The molecule has 1 aliphatic heterocycles. The Labute approximate surface area is 125 Å². The van der Waals surface area contributed by atoms with Crippen molar-refractivity contribution < 1.29 is 14.3 Å². The minimum absolute atomic E-state index is 0.0199. The lowest BCUT2D eigenvalue weighted by Crippen LogP contribution is -2.46. The lowest BCUT2D eigenvalue weighted by molar-refractivity contribution is 0.101. The van der Waals surface area contributed by atoms with E-state index in [9.17, 15) is 9.59 Å². The molecule has 1 aliphatic rings. The van der Waals surface area contributed by atoms with Gasteiger partial charge in [0.25, 0.3) is 0 Å². The number of urea groups is 1. The lowest BCUT2D eigenvalue weighted by Gasteiger charge is -2.31. The average Bonchev–Trinajstić information content (AvgIpc) is 2.42. The fraction of sp³-hybridized carbons (Fsp3) is 0.500. The number of nitrogens with zero attached hydrogens (tertiary/aromatic N) is 1. The zero-order valence-corrected chi connectivity index (χ0v) is 13.0. The Morgan fingerprint density at radius 1 is 1.33 bits per heavy atom. The van der Waals surface area contributed by atoms with Gasteiger partial charge in [-0.3, -0.25) is 9.69 Å². The number of carbonyl (C=O) groups is 2. The summed E-state index contributed by atoms with van der Waals surface area (Å²) in [5.41, 5.74) is 1.25. The van der Waals surface area contributed by atoms with E-state index in [1.165, 1.54) is 6.92 Å². The summed E-state index contributed by atoms with van der Waals surface area (Å²) < 4.78 is 5.55. The van der Waals surface area contributed by atoms with Crippen molar-refractivity contribution in [3.63, 3.8) is 0 Å². The number of anilines is 1. The Kier molecular flexibility index (Phi) is 4.21. The molecule has 0 spiro atoms. The second kappa shape index (κ2) is 5.76. The highest BCUT2D eigenvalue weighted by molar-refractivity contribution is 5.99. The standard InChI is InChI=1S/C16H22N2O3/c1-11(19)12-5-6-14-13(9-12)18(7-8-21-14)15(20)17-10-16(2,3)4/h5-6,9H,7-8,10H2,1-4H3,(H,17,20). The summed E-state index contributed by atoms with van der Waals surface area (Å²) in [5, 5.41) is 2.93. The Bertz CT molecular complexity index is 561. The average molecular weight is 290 g/mol. The van der Waals surface area contributed by atoms with E-state index in [-0.39, 0.29) is 17.2 Å². The quantitative estimate of drug-likeness (QED) is 0.852. The monoisotopic (exact) mass is 290 g/mol. The third kappa shape index (κ3) is 3.74. The number of nitrogens with one attached hydrogen (secondary N) is 1. The van der Waals surface area contributed by atoms with Crippen molar-refractivity contribution in [3.8, 4) is 5.75 Å². The molecule has 5 nitrogen and oxygen atoms in total. The van der Waals surface area contributed by atoms with Crippen LogP contribution in [-0.4, -0.2) is 31.5 Å². The van der Waals surface area contributed by atoms with Crippen LogP contribution in [0.4, 0.5) is 10.5 Å². The molecule has 0 aromatic heterocycles. The summed E-state index contributed by atoms with van der Waals surface area (Å²) >= 11 is 0. The molecule has 1 aromatic carbocycles. The van der Waals surface area contributed by atoms with Crippen LogP contribution in [0.3, 0.4) is 0 Å². The van der Waals surface area contributed by atoms with Crippen molar-refractivity contribution in [2.75, 3.05) is 24.6 Å². The summed E-state index contributed by atoms with van der Waals surface area (Å²) in [6.45, 7) is 9.22. The van der Waals surface area contributed by atoms with E-state index >= 15 is 0 Å². The first-order valence-electron chi connectivity index (χ1n) is 7.11. The predicted octanol–water partition coefficient (Wildman–Crippen LogP) is 2.84. The molecular formula is C16H22N2O3. The fourth-order valence-corrected chi connectivity index (χ4v) is 2.08. The van der Waals surface area contributed by atoms with Crippen molar-refractivity contribution in [2.24, 2.45) is 5.41 Å². The van der Waals surface area contributed by atoms with Gasteiger partial charge in [0.05, 0.1) is 12.2 Å². The van der Waals surface area contributed by atoms with Gasteiger partial charge in [-0.05, 0) is 30.5 Å². The molecule has 5 heteroatoms. The zero-order valence-electron chi connectivity index (χ0n) is 13.0. The third-order valence-electron chi connectivity index (χ3n) is 3.24. The van der Waals surface area contributed by atoms with Crippen LogP contribution in [0.5, 0.6) is 5.75 Å². The number of rotatable bonds is 2. The molecule has 1 N–H and O–H groups in total. The van der Waals surface area contributed by atoms with Crippen LogP contribution in [0.25, 0.3) is 0 Å². The molecular weight excluding hydrogens is 268 g/mol. The number of ketones is 1. The molecule has 114 valence electrons. The maximum absolute atomic E-state index is 12.4. The first-order valence-corrected chi connectivity index (χ1v) is 7.11.